The van der Waals surface area contributed by atoms with Gasteiger partial charge >= 0.3 is 11.8 Å². The maximum absolute atomic E-state index is 11.3. The number of aryl methyl sites for hydroxylation is 1. The van der Waals surface area contributed by atoms with Gasteiger partial charge in [-0.05, 0) is 19.1 Å². The Balaban J connectivity index is 2.54. The Hall–Kier alpha value is -1.40. The molecule has 2 N–H and O–H groups in total. The molecule has 1 rings (SSSR count). The van der Waals surface area contributed by atoms with Gasteiger partial charge in [0.2, 0.25) is 0 Å². The molecule has 0 aliphatic carbocycles. The van der Waals surface area contributed by atoms with E-state index in [0.29, 0.717) is 0 Å². The van der Waals surface area contributed by atoms with Crippen LogP contribution in [0, 0.1) is 6.92 Å². The first-order chi connectivity index (χ1) is 8.08. The summed E-state index contributed by atoms with van der Waals surface area (Å²) >= 11 is 1.61. The van der Waals surface area contributed by atoms with Crippen LogP contribution in [0.25, 0.3) is 0 Å². The highest BCUT2D eigenvalue weighted by atomic mass is 32.1. The topological polar surface area (TPSA) is 67.4 Å². The molecule has 0 fully saturated rings. The zero-order valence-corrected chi connectivity index (χ0v) is 10.9. The number of likely N-dealkylation sites (N-methyl/N-ethyl adjacent to an activating group) is 1. The maximum Gasteiger partial charge on any atom is 0.309 e. The van der Waals surface area contributed by atoms with Gasteiger partial charge in [-0.25, -0.2) is 0 Å². The minimum atomic E-state index is -0.651. The molecule has 1 aromatic rings. The van der Waals surface area contributed by atoms with Crippen LogP contribution in [0.3, 0.4) is 0 Å². The normalized spacial score (nSPS) is 11.9. The second-order valence-corrected chi connectivity index (χ2v) is 4.78. The summed E-state index contributed by atoms with van der Waals surface area (Å²) in [5.41, 5.74) is 0. The first-order valence-electron chi connectivity index (χ1n) is 5.17. The largest absolute Gasteiger partial charge is 0.374 e. The average Bonchev–Trinajstić information content (AvgIpc) is 2.75. The van der Waals surface area contributed by atoms with Crippen LogP contribution in [0.5, 0.6) is 0 Å². The molecule has 6 heteroatoms. The molecule has 17 heavy (non-hydrogen) atoms. The number of thiophene rings is 1. The summed E-state index contributed by atoms with van der Waals surface area (Å²) in [5, 5.41) is 4.78. The van der Waals surface area contributed by atoms with Gasteiger partial charge in [0, 0.05) is 30.5 Å². The molecule has 1 heterocycles. The molecule has 0 aliphatic heterocycles. The first kappa shape index (κ1) is 13.7. The third kappa shape index (κ3) is 3.83. The van der Waals surface area contributed by atoms with Gasteiger partial charge in [0.25, 0.3) is 0 Å². The zero-order chi connectivity index (χ0) is 12.8. The van der Waals surface area contributed by atoms with E-state index in [1.54, 1.807) is 18.4 Å². The first-order valence-corrected chi connectivity index (χ1v) is 5.99. The molecule has 0 spiro atoms. The molecule has 94 valence electrons. The van der Waals surface area contributed by atoms with E-state index in [4.69, 9.17) is 4.74 Å². The van der Waals surface area contributed by atoms with Crippen LogP contribution in [0.4, 0.5) is 0 Å². The van der Waals surface area contributed by atoms with Gasteiger partial charge < -0.3 is 15.4 Å². The average molecular weight is 256 g/mol. The highest BCUT2D eigenvalue weighted by molar-refractivity contribution is 7.12. The number of carbonyl (C=O) groups is 2. The van der Waals surface area contributed by atoms with Crippen molar-refractivity contribution >= 4 is 23.2 Å². The van der Waals surface area contributed by atoms with Gasteiger partial charge in [0.1, 0.15) is 6.10 Å². The highest BCUT2D eigenvalue weighted by Gasteiger charge is 2.16. The Morgan fingerprint density at radius 2 is 2.12 bits per heavy atom. The second-order valence-electron chi connectivity index (χ2n) is 3.46. The summed E-state index contributed by atoms with van der Waals surface area (Å²) in [6, 6.07) is 3.95. The summed E-state index contributed by atoms with van der Waals surface area (Å²) in [4.78, 5) is 24.5. The van der Waals surface area contributed by atoms with Gasteiger partial charge in [-0.1, -0.05) is 0 Å². The van der Waals surface area contributed by atoms with Crippen LogP contribution in [0.2, 0.25) is 0 Å². The number of hydrogen-bond acceptors (Lipinski definition) is 4. The van der Waals surface area contributed by atoms with Crippen LogP contribution in [-0.4, -0.2) is 32.5 Å². The van der Waals surface area contributed by atoms with E-state index in [1.807, 2.05) is 19.1 Å². The predicted molar refractivity (Wildman–Crippen MR) is 65.9 cm³/mol. The number of carbonyl (C=O) groups excluding carboxylic acids is 2. The molecule has 0 radical (unpaired) electrons. The molecular weight excluding hydrogens is 240 g/mol. The zero-order valence-electron chi connectivity index (χ0n) is 10.1. The van der Waals surface area contributed by atoms with Crippen LogP contribution >= 0.6 is 11.3 Å². The van der Waals surface area contributed by atoms with E-state index in [9.17, 15) is 9.59 Å². The predicted octanol–water partition coefficient (Wildman–Crippen LogP) is 0.606. The summed E-state index contributed by atoms with van der Waals surface area (Å²) in [6.45, 7) is 2.28. The lowest BCUT2D eigenvalue weighted by molar-refractivity contribution is -0.139. The Morgan fingerprint density at radius 3 is 2.59 bits per heavy atom. The lowest BCUT2D eigenvalue weighted by Gasteiger charge is -2.14. The SMILES string of the molecule is CNC(=O)C(=O)NCC(OC)c1ccc(C)s1. The molecular formula is C11H16N2O3S. The van der Waals surface area contributed by atoms with Crippen molar-refractivity contribution in [2.75, 3.05) is 20.7 Å². The third-order valence-corrected chi connectivity index (χ3v) is 3.34. The summed E-state index contributed by atoms with van der Waals surface area (Å²) in [7, 11) is 2.99. The Labute approximate surface area is 104 Å². The summed E-state index contributed by atoms with van der Waals surface area (Å²) in [5.74, 6) is -1.30. The molecule has 0 saturated heterocycles. The number of methoxy groups -OCH3 is 1. The van der Waals surface area contributed by atoms with Gasteiger partial charge in [0.15, 0.2) is 0 Å². The van der Waals surface area contributed by atoms with E-state index in [0.717, 1.165) is 4.88 Å². The summed E-state index contributed by atoms with van der Waals surface area (Å²) < 4.78 is 5.28. The monoisotopic (exact) mass is 256 g/mol. The Bertz CT molecular complexity index is 403. The fourth-order valence-corrected chi connectivity index (χ4v) is 2.26. The number of hydrogen-bond donors (Lipinski definition) is 2. The minimum Gasteiger partial charge on any atom is -0.374 e. The molecule has 1 atom stereocenters. The standard InChI is InChI=1S/C11H16N2O3S/c1-7-4-5-9(17-7)8(16-3)6-13-11(15)10(14)12-2/h4-5,8H,6H2,1-3H3,(H,12,14)(H,13,15). The lowest BCUT2D eigenvalue weighted by Crippen LogP contribution is -2.40. The van der Waals surface area contributed by atoms with Crippen molar-refractivity contribution in [1.29, 1.82) is 0 Å². The van der Waals surface area contributed by atoms with E-state index in [2.05, 4.69) is 10.6 Å². The van der Waals surface area contributed by atoms with E-state index >= 15 is 0 Å². The van der Waals surface area contributed by atoms with Crippen LogP contribution < -0.4 is 10.6 Å². The molecule has 0 bridgehead atoms. The van der Waals surface area contributed by atoms with Crippen molar-refractivity contribution in [3.8, 4) is 0 Å². The molecule has 1 aromatic heterocycles. The van der Waals surface area contributed by atoms with Crippen LogP contribution in [0.15, 0.2) is 12.1 Å². The van der Waals surface area contributed by atoms with Crippen molar-refractivity contribution < 1.29 is 14.3 Å². The second kappa shape index (κ2) is 6.36. The van der Waals surface area contributed by atoms with Crippen molar-refractivity contribution in [3.63, 3.8) is 0 Å². The highest BCUT2D eigenvalue weighted by Crippen LogP contribution is 2.24. The van der Waals surface area contributed by atoms with Gasteiger partial charge in [-0.15, -0.1) is 11.3 Å². The Kier molecular flexibility index (Phi) is 5.11. The lowest BCUT2D eigenvalue weighted by atomic mass is 10.3. The molecule has 2 amide bonds. The number of rotatable bonds is 4. The third-order valence-electron chi connectivity index (χ3n) is 2.24. The van der Waals surface area contributed by atoms with Crippen LogP contribution in [0.1, 0.15) is 15.9 Å². The fraction of sp³-hybridized carbons (Fsp3) is 0.455. The fourth-order valence-electron chi connectivity index (χ4n) is 1.31. The minimum absolute atomic E-state index is 0.220. The van der Waals surface area contributed by atoms with Crippen molar-refractivity contribution in [2.45, 2.75) is 13.0 Å². The van der Waals surface area contributed by atoms with Gasteiger partial charge in [0.05, 0.1) is 0 Å². The molecule has 0 aromatic carbocycles. The summed E-state index contributed by atoms with van der Waals surface area (Å²) in [6.07, 6.45) is -0.220. The van der Waals surface area contributed by atoms with Crippen LogP contribution in [-0.2, 0) is 14.3 Å². The Morgan fingerprint density at radius 1 is 1.41 bits per heavy atom. The number of ether oxygens (including phenoxy) is 1. The van der Waals surface area contributed by atoms with E-state index in [1.165, 1.54) is 11.9 Å². The molecule has 5 nitrogen and oxygen atoms in total. The van der Waals surface area contributed by atoms with Crippen molar-refractivity contribution in [1.82, 2.24) is 10.6 Å². The van der Waals surface area contributed by atoms with Gasteiger partial charge in [-0.3, -0.25) is 9.59 Å². The van der Waals surface area contributed by atoms with Crippen molar-refractivity contribution in [2.24, 2.45) is 0 Å². The number of nitrogens with one attached hydrogen (secondary N) is 2. The maximum atomic E-state index is 11.3. The molecule has 0 aliphatic rings. The molecule has 0 saturated carbocycles. The molecule has 1 unspecified atom stereocenters. The van der Waals surface area contributed by atoms with E-state index in [-0.39, 0.29) is 12.6 Å². The smallest absolute Gasteiger partial charge is 0.309 e. The number of amides is 2. The van der Waals surface area contributed by atoms with Crippen molar-refractivity contribution in [3.05, 3.63) is 21.9 Å². The van der Waals surface area contributed by atoms with Gasteiger partial charge in [-0.2, -0.15) is 0 Å². The quantitative estimate of drug-likeness (QED) is 0.775. The van der Waals surface area contributed by atoms with E-state index < -0.39 is 11.8 Å².